The van der Waals surface area contributed by atoms with Crippen molar-refractivity contribution in [3.8, 4) is 0 Å². The summed E-state index contributed by atoms with van der Waals surface area (Å²) in [6.45, 7) is 5.50. The molecule has 1 aliphatic carbocycles. The summed E-state index contributed by atoms with van der Waals surface area (Å²) in [7, 11) is 0. The van der Waals surface area contributed by atoms with Gasteiger partial charge in [-0.2, -0.15) is 0 Å². The number of rotatable bonds is 5. The van der Waals surface area contributed by atoms with Crippen LogP contribution in [0.25, 0.3) is 0 Å². The van der Waals surface area contributed by atoms with Crippen molar-refractivity contribution in [2.75, 3.05) is 6.54 Å². The Hall–Kier alpha value is -0.410. The SMILES string of the molecule is Cc1ncsc1C(C)NCCC1CCCC1. The topological polar surface area (TPSA) is 24.9 Å². The van der Waals surface area contributed by atoms with Gasteiger partial charge in [0, 0.05) is 10.9 Å². The Morgan fingerprint density at radius 2 is 2.25 bits per heavy atom. The first kappa shape index (κ1) is 12.1. The zero-order valence-corrected chi connectivity index (χ0v) is 11.1. The summed E-state index contributed by atoms with van der Waals surface area (Å²) >= 11 is 1.77. The van der Waals surface area contributed by atoms with E-state index in [1.54, 1.807) is 11.3 Å². The first-order chi connectivity index (χ1) is 7.77. The van der Waals surface area contributed by atoms with Crippen molar-refractivity contribution in [1.29, 1.82) is 0 Å². The predicted octanol–water partition coefficient (Wildman–Crippen LogP) is 3.68. The van der Waals surface area contributed by atoms with Gasteiger partial charge < -0.3 is 5.32 Å². The normalized spacial score (nSPS) is 19.1. The van der Waals surface area contributed by atoms with E-state index in [9.17, 15) is 0 Å². The molecule has 0 aliphatic heterocycles. The summed E-state index contributed by atoms with van der Waals surface area (Å²) in [4.78, 5) is 5.70. The molecule has 2 nitrogen and oxygen atoms in total. The summed E-state index contributed by atoms with van der Waals surface area (Å²) < 4.78 is 0. The molecule has 90 valence electrons. The molecule has 1 unspecified atom stereocenters. The summed E-state index contributed by atoms with van der Waals surface area (Å²) in [5.41, 5.74) is 3.13. The lowest BCUT2D eigenvalue weighted by Gasteiger charge is -2.15. The Morgan fingerprint density at radius 1 is 1.50 bits per heavy atom. The minimum Gasteiger partial charge on any atom is -0.309 e. The molecule has 1 heterocycles. The molecule has 1 atom stereocenters. The Kier molecular flexibility index (Phi) is 4.36. The van der Waals surface area contributed by atoms with Crippen LogP contribution in [0.4, 0.5) is 0 Å². The molecule has 2 rings (SSSR count). The molecule has 1 aromatic rings. The van der Waals surface area contributed by atoms with Crippen molar-refractivity contribution < 1.29 is 0 Å². The number of aryl methyl sites for hydroxylation is 1. The van der Waals surface area contributed by atoms with E-state index < -0.39 is 0 Å². The minimum atomic E-state index is 0.467. The highest BCUT2D eigenvalue weighted by Crippen LogP contribution is 2.27. The van der Waals surface area contributed by atoms with Crippen LogP contribution >= 0.6 is 11.3 Å². The van der Waals surface area contributed by atoms with Gasteiger partial charge in [-0.05, 0) is 32.7 Å². The second-order valence-electron chi connectivity index (χ2n) is 4.92. The van der Waals surface area contributed by atoms with Gasteiger partial charge in [0.2, 0.25) is 0 Å². The van der Waals surface area contributed by atoms with E-state index >= 15 is 0 Å². The molecule has 1 aromatic heterocycles. The maximum absolute atomic E-state index is 4.30. The molecule has 0 aromatic carbocycles. The fourth-order valence-corrected chi connectivity index (χ4v) is 3.46. The Morgan fingerprint density at radius 3 is 2.88 bits per heavy atom. The van der Waals surface area contributed by atoms with Crippen LogP contribution in [0, 0.1) is 12.8 Å². The lowest BCUT2D eigenvalue weighted by Crippen LogP contribution is -2.21. The summed E-state index contributed by atoms with van der Waals surface area (Å²) in [6.07, 6.45) is 7.16. The molecule has 0 radical (unpaired) electrons. The third-order valence-electron chi connectivity index (χ3n) is 3.65. The maximum atomic E-state index is 4.30. The number of aromatic nitrogens is 1. The summed E-state index contributed by atoms with van der Waals surface area (Å²) in [6, 6.07) is 0.467. The van der Waals surface area contributed by atoms with Crippen LogP contribution < -0.4 is 5.32 Å². The zero-order chi connectivity index (χ0) is 11.4. The largest absolute Gasteiger partial charge is 0.309 e. The third kappa shape index (κ3) is 3.05. The van der Waals surface area contributed by atoms with Gasteiger partial charge in [-0.15, -0.1) is 11.3 Å². The highest BCUT2D eigenvalue weighted by Gasteiger charge is 2.15. The second kappa shape index (κ2) is 5.78. The molecular weight excluding hydrogens is 216 g/mol. The van der Waals surface area contributed by atoms with Crippen LogP contribution in [0.2, 0.25) is 0 Å². The van der Waals surface area contributed by atoms with Crippen LogP contribution in [0.15, 0.2) is 5.51 Å². The van der Waals surface area contributed by atoms with E-state index in [-0.39, 0.29) is 0 Å². The summed E-state index contributed by atoms with van der Waals surface area (Å²) in [5.74, 6) is 0.988. The molecule has 0 spiro atoms. The zero-order valence-electron chi connectivity index (χ0n) is 10.3. The van der Waals surface area contributed by atoms with Crippen molar-refractivity contribution in [2.24, 2.45) is 5.92 Å². The summed E-state index contributed by atoms with van der Waals surface area (Å²) in [5, 5.41) is 3.62. The highest BCUT2D eigenvalue weighted by atomic mass is 32.1. The van der Waals surface area contributed by atoms with Crippen LogP contribution in [-0.4, -0.2) is 11.5 Å². The van der Waals surface area contributed by atoms with Crippen LogP contribution in [0.5, 0.6) is 0 Å². The van der Waals surface area contributed by atoms with Gasteiger partial charge >= 0.3 is 0 Å². The lowest BCUT2D eigenvalue weighted by atomic mass is 10.0. The highest BCUT2D eigenvalue weighted by molar-refractivity contribution is 7.09. The van der Waals surface area contributed by atoms with Crippen molar-refractivity contribution in [1.82, 2.24) is 10.3 Å². The van der Waals surface area contributed by atoms with Gasteiger partial charge in [-0.25, -0.2) is 4.98 Å². The Bertz CT molecular complexity index is 315. The monoisotopic (exact) mass is 238 g/mol. The molecule has 1 fully saturated rings. The average Bonchev–Trinajstić information content (AvgIpc) is 2.88. The first-order valence-corrected chi connectivity index (χ1v) is 7.28. The first-order valence-electron chi connectivity index (χ1n) is 6.40. The number of hydrogen-bond acceptors (Lipinski definition) is 3. The van der Waals surface area contributed by atoms with E-state index in [0.717, 1.165) is 12.5 Å². The molecule has 1 N–H and O–H groups in total. The van der Waals surface area contributed by atoms with Gasteiger partial charge in [0.05, 0.1) is 11.2 Å². The molecule has 16 heavy (non-hydrogen) atoms. The van der Waals surface area contributed by atoms with Crippen LogP contribution in [0.1, 0.15) is 55.6 Å². The van der Waals surface area contributed by atoms with Crippen molar-refractivity contribution in [2.45, 2.75) is 52.0 Å². The van der Waals surface area contributed by atoms with E-state index in [0.29, 0.717) is 6.04 Å². The van der Waals surface area contributed by atoms with E-state index in [1.165, 1.54) is 42.7 Å². The molecule has 0 amide bonds. The number of nitrogens with one attached hydrogen (secondary N) is 1. The van der Waals surface area contributed by atoms with Crippen LogP contribution in [0.3, 0.4) is 0 Å². The van der Waals surface area contributed by atoms with Crippen molar-refractivity contribution in [3.63, 3.8) is 0 Å². The number of nitrogens with zero attached hydrogens (tertiary/aromatic N) is 1. The fraction of sp³-hybridized carbons (Fsp3) is 0.769. The molecular formula is C13H22N2S. The predicted molar refractivity (Wildman–Crippen MR) is 69.8 cm³/mol. The third-order valence-corrected chi connectivity index (χ3v) is 4.77. The fourth-order valence-electron chi connectivity index (χ4n) is 2.62. The quantitative estimate of drug-likeness (QED) is 0.846. The second-order valence-corrected chi connectivity index (χ2v) is 5.80. The smallest absolute Gasteiger partial charge is 0.0798 e. The molecule has 0 bridgehead atoms. The molecule has 1 aliphatic rings. The van der Waals surface area contributed by atoms with Gasteiger partial charge in [0.15, 0.2) is 0 Å². The standard InChI is InChI=1S/C13H22N2S/c1-10(13-11(2)15-9-16-13)14-8-7-12-5-3-4-6-12/h9-10,12,14H,3-8H2,1-2H3. The van der Waals surface area contributed by atoms with E-state index in [1.807, 2.05) is 5.51 Å². The Labute approximate surface area is 102 Å². The maximum Gasteiger partial charge on any atom is 0.0798 e. The van der Waals surface area contributed by atoms with E-state index in [4.69, 9.17) is 0 Å². The van der Waals surface area contributed by atoms with Gasteiger partial charge in [0.1, 0.15) is 0 Å². The van der Waals surface area contributed by atoms with Gasteiger partial charge in [0.25, 0.3) is 0 Å². The molecule has 0 saturated heterocycles. The van der Waals surface area contributed by atoms with Crippen molar-refractivity contribution in [3.05, 3.63) is 16.1 Å². The number of hydrogen-bond donors (Lipinski definition) is 1. The van der Waals surface area contributed by atoms with Crippen molar-refractivity contribution >= 4 is 11.3 Å². The lowest BCUT2D eigenvalue weighted by molar-refractivity contribution is 0.456. The molecule has 3 heteroatoms. The van der Waals surface area contributed by atoms with Gasteiger partial charge in [-0.3, -0.25) is 0 Å². The van der Waals surface area contributed by atoms with Crippen LogP contribution in [-0.2, 0) is 0 Å². The van der Waals surface area contributed by atoms with Gasteiger partial charge in [-0.1, -0.05) is 25.7 Å². The Balaban J connectivity index is 1.71. The van der Waals surface area contributed by atoms with E-state index in [2.05, 4.69) is 24.1 Å². The molecule has 1 saturated carbocycles. The minimum absolute atomic E-state index is 0.467. The number of thiazole rings is 1. The average molecular weight is 238 g/mol.